The van der Waals surface area contributed by atoms with E-state index in [-0.39, 0.29) is 6.03 Å². The number of anilines is 2. The van der Waals surface area contributed by atoms with Crippen LogP contribution in [-0.2, 0) is 0 Å². The van der Waals surface area contributed by atoms with Crippen LogP contribution in [0.5, 0.6) is 0 Å². The van der Waals surface area contributed by atoms with Crippen LogP contribution in [0.3, 0.4) is 0 Å². The number of hydrogen-bond acceptors (Lipinski definition) is 2. The zero-order valence-corrected chi connectivity index (χ0v) is 10.4. The van der Waals surface area contributed by atoms with Gasteiger partial charge in [0.05, 0.1) is 0 Å². The van der Waals surface area contributed by atoms with Crippen molar-refractivity contribution < 1.29 is 4.79 Å². The minimum absolute atomic E-state index is 0.00142. The Hall–Kier alpha value is -1.71. The summed E-state index contributed by atoms with van der Waals surface area (Å²) in [6.45, 7) is 5.64. The third-order valence-corrected chi connectivity index (χ3v) is 3.18. The number of carbonyl (C=O) groups excluding carboxylic acids is 1. The Balaban J connectivity index is 2.15. The summed E-state index contributed by atoms with van der Waals surface area (Å²) in [6.07, 6.45) is 2.21. The van der Waals surface area contributed by atoms with Crippen LogP contribution >= 0.6 is 0 Å². The molecular weight excluding hydrogens is 214 g/mol. The molecule has 4 nitrogen and oxygen atoms in total. The summed E-state index contributed by atoms with van der Waals surface area (Å²) in [6, 6.07) is 3.76. The van der Waals surface area contributed by atoms with Crippen LogP contribution in [0, 0.1) is 13.8 Å². The number of carbonyl (C=O) groups is 1. The van der Waals surface area contributed by atoms with Gasteiger partial charge in [0, 0.05) is 24.5 Å². The number of nitrogen functional groups attached to an aromatic ring is 1. The molecule has 0 saturated carbocycles. The maximum Gasteiger partial charge on any atom is 0.321 e. The number of amides is 2. The maximum absolute atomic E-state index is 12.0. The first-order valence-electron chi connectivity index (χ1n) is 6.00. The Morgan fingerprint density at radius 2 is 1.76 bits per heavy atom. The van der Waals surface area contributed by atoms with Gasteiger partial charge >= 0.3 is 6.03 Å². The summed E-state index contributed by atoms with van der Waals surface area (Å²) in [5.74, 6) is 0. The fraction of sp³-hybridized carbons (Fsp3) is 0.462. The lowest BCUT2D eigenvalue weighted by Crippen LogP contribution is -2.32. The molecule has 0 aromatic heterocycles. The second-order valence-corrected chi connectivity index (χ2v) is 4.65. The van der Waals surface area contributed by atoms with E-state index < -0.39 is 0 Å². The van der Waals surface area contributed by atoms with Crippen molar-refractivity contribution in [3.8, 4) is 0 Å². The zero-order chi connectivity index (χ0) is 12.4. The Morgan fingerprint density at radius 1 is 1.24 bits per heavy atom. The molecule has 1 aromatic carbocycles. The summed E-state index contributed by atoms with van der Waals surface area (Å²) in [7, 11) is 0. The van der Waals surface area contributed by atoms with Crippen LogP contribution in [0.4, 0.5) is 16.2 Å². The summed E-state index contributed by atoms with van der Waals surface area (Å²) in [4.78, 5) is 13.8. The molecule has 0 spiro atoms. The first kappa shape index (κ1) is 11.8. The molecule has 1 heterocycles. The van der Waals surface area contributed by atoms with E-state index in [2.05, 4.69) is 5.32 Å². The molecule has 0 bridgehead atoms. The van der Waals surface area contributed by atoms with E-state index in [1.165, 1.54) is 0 Å². The highest BCUT2D eigenvalue weighted by molar-refractivity contribution is 5.91. The normalized spacial score (nSPS) is 15.1. The summed E-state index contributed by atoms with van der Waals surface area (Å²) >= 11 is 0. The number of urea groups is 1. The molecule has 1 aromatic rings. The predicted molar refractivity (Wildman–Crippen MR) is 70.2 cm³/mol. The van der Waals surface area contributed by atoms with Crippen molar-refractivity contribution in [2.24, 2.45) is 0 Å². The van der Waals surface area contributed by atoms with Crippen molar-refractivity contribution in [2.45, 2.75) is 26.7 Å². The average Bonchev–Trinajstić information content (AvgIpc) is 2.76. The van der Waals surface area contributed by atoms with E-state index in [9.17, 15) is 4.79 Å². The molecule has 1 aliphatic rings. The van der Waals surface area contributed by atoms with Gasteiger partial charge in [-0.2, -0.15) is 0 Å². The molecule has 2 amide bonds. The van der Waals surface area contributed by atoms with E-state index in [1.807, 2.05) is 30.9 Å². The highest BCUT2D eigenvalue weighted by atomic mass is 16.2. The third-order valence-electron chi connectivity index (χ3n) is 3.18. The lowest BCUT2D eigenvalue weighted by atomic mass is 10.1. The number of aryl methyl sites for hydroxylation is 2. The Labute approximate surface area is 102 Å². The first-order valence-corrected chi connectivity index (χ1v) is 6.00. The standard InChI is InChI=1S/C13H19N3O/c1-9-7-11(14)8-10(2)12(9)15-13(17)16-5-3-4-6-16/h7-8H,3-6,14H2,1-2H3,(H,15,17). The number of nitrogens with one attached hydrogen (secondary N) is 1. The number of nitrogens with zero attached hydrogens (tertiary/aromatic N) is 1. The van der Waals surface area contributed by atoms with Gasteiger partial charge in [-0.1, -0.05) is 0 Å². The van der Waals surface area contributed by atoms with Gasteiger partial charge in [-0.05, 0) is 49.9 Å². The number of likely N-dealkylation sites (tertiary alicyclic amines) is 1. The topological polar surface area (TPSA) is 58.4 Å². The van der Waals surface area contributed by atoms with Crippen molar-refractivity contribution in [1.29, 1.82) is 0 Å². The van der Waals surface area contributed by atoms with Crippen LogP contribution in [0.2, 0.25) is 0 Å². The van der Waals surface area contributed by atoms with Crippen LogP contribution < -0.4 is 11.1 Å². The van der Waals surface area contributed by atoms with Gasteiger partial charge in [0.25, 0.3) is 0 Å². The van der Waals surface area contributed by atoms with Crippen LogP contribution in [0.15, 0.2) is 12.1 Å². The minimum Gasteiger partial charge on any atom is -0.399 e. The second-order valence-electron chi connectivity index (χ2n) is 4.65. The molecule has 3 N–H and O–H groups in total. The molecule has 1 saturated heterocycles. The first-order chi connectivity index (χ1) is 8.08. The van der Waals surface area contributed by atoms with Crippen LogP contribution in [0.1, 0.15) is 24.0 Å². The zero-order valence-electron chi connectivity index (χ0n) is 10.4. The molecule has 4 heteroatoms. The number of nitrogens with two attached hydrogens (primary N) is 1. The average molecular weight is 233 g/mol. The molecule has 0 unspecified atom stereocenters. The van der Waals surface area contributed by atoms with Crippen LogP contribution in [0.25, 0.3) is 0 Å². The van der Waals surface area contributed by atoms with Gasteiger partial charge < -0.3 is 16.0 Å². The number of rotatable bonds is 1. The van der Waals surface area contributed by atoms with Crippen LogP contribution in [-0.4, -0.2) is 24.0 Å². The Kier molecular flexibility index (Phi) is 3.22. The van der Waals surface area contributed by atoms with Gasteiger partial charge in [0.2, 0.25) is 0 Å². The second kappa shape index (κ2) is 4.65. The fourth-order valence-corrected chi connectivity index (χ4v) is 2.30. The van der Waals surface area contributed by atoms with Crippen molar-refractivity contribution in [3.05, 3.63) is 23.3 Å². The molecule has 1 aliphatic heterocycles. The van der Waals surface area contributed by atoms with E-state index in [1.54, 1.807) is 0 Å². The van der Waals surface area contributed by atoms with E-state index >= 15 is 0 Å². The molecule has 0 atom stereocenters. The van der Waals surface area contributed by atoms with Crippen molar-refractivity contribution in [1.82, 2.24) is 4.90 Å². The van der Waals surface area contributed by atoms with Gasteiger partial charge in [0.15, 0.2) is 0 Å². The molecule has 0 aliphatic carbocycles. The quantitative estimate of drug-likeness (QED) is 0.732. The lowest BCUT2D eigenvalue weighted by molar-refractivity contribution is 0.222. The summed E-state index contributed by atoms with van der Waals surface area (Å²) in [5, 5.41) is 2.98. The van der Waals surface area contributed by atoms with Gasteiger partial charge in [-0.15, -0.1) is 0 Å². The third kappa shape index (κ3) is 2.52. The largest absolute Gasteiger partial charge is 0.399 e. The SMILES string of the molecule is Cc1cc(N)cc(C)c1NC(=O)N1CCCC1. The summed E-state index contributed by atoms with van der Waals surface area (Å²) in [5.41, 5.74) is 9.40. The van der Waals surface area contributed by atoms with E-state index in [4.69, 9.17) is 5.73 Å². The summed E-state index contributed by atoms with van der Waals surface area (Å²) < 4.78 is 0. The minimum atomic E-state index is -0.00142. The number of hydrogen-bond donors (Lipinski definition) is 2. The molecule has 17 heavy (non-hydrogen) atoms. The Bertz CT molecular complexity index is 413. The number of benzene rings is 1. The highest BCUT2D eigenvalue weighted by Gasteiger charge is 2.18. The molecule has 1 fully saturated rings. The maximum atomic E-state index is 12.0. The smallest absolute Gasteiger partial charge is 0.321 e. The van der Waals surface area contributed by atoms with Crippen molar-refractivity contribution in [3.63, 3.8) is 0 Å². The predicted octanol–water partition coefficient (Wildman–Crippen LogP) is 2.51. The van der Waals surface area contributed by atoms with Gasteiger partial charge in [-0.25, -0.2) is 4.79 Å². The van der Waals surface area contributed by atoms with E-state index in [0.717, 1.165) is 48.4 Å². The monoisotopic (exact) mass is 233 g/mol. The molecule has 0 radical (unpaired) electrons. The van der Waals surface area contributed by atoms with Crippen molar-refractivity contribution >= 4 is 17.4 Å². The van der Waals surface area contributed by atoms with Crippen molar-refractivity contribution in [2.75, 3.05) is 24.1 Å². The molecule has 92 valence electrons. The fourth-order valence-electron chi connectivity index (χ4n) is 2.30. The highest BCUT2D eigenvalue weighted by Crippen LogP contribution is 2.24. The Morgan fingerprint density at radius 3 is 2.29 bits per heavy atom. The van der Waals surface area contributed by atoms with Gasteiger partial charge in [0.1, 0.15) is 0 Å². The van der Waals surface area contributed by atoms with Gasteiger partial charge in [-0.3, -0.25) is 0 Å². The van der Waals surface area contributed by atoms with E-state index in [0.29, 0.717) is 0 Å². The molecular formula is C13H19N3O. The lowest BCUT2D eigenvalue weighted by Gasteiger charge is -2.19. The molecule has 2 rings (SSSR count).